The number of anilines is 2. The summed E-state index contributed by atoms with van der Waals surface area (Å²) in [6.45, 7) is 5.01. The molecule has 1 N–H and O–H groups in total. The van der Waals surface area contributed by atoms with Gasteiger partial charge in [0, 0.05) is 6.54 Å². The van der Waals surface area contributed by atoms with E-state index in [2.05, 4.69) is 0 Å². The van der Waals surface area contributed by atoms with Gasteiger partial charge in [0.05, 0.1) is 28.5 Å². The van der Waals surface area contributed by atoms with Crippen LogP contribution in [0, 0.1) is 19.7 Å². The number of hydrogen-bond acceptors (Lipinski definition) is 2. The molecule has 160 valence electrons. The van der Waals surface area contributed by atoms with Crippen LogP contribution >= 0.6 is 0 Å². The van der Waals surface area contributed by atoms with Gasteiger partial charge in [-0.15, -0.1) is 0 Å². The first-order chi connectivity index (χ1) is 14.0. The van der Waals surface area contributed by atoms with Crippen LogP contribution in [0.3, 0.4) is 0 Å². The van der Waals surface area contributed by atoms with E-state index in [1.165, 1.54) is 0 Å². The number of carbonyl (C=O) groups is 2. The highest BCUT2D eigenvalue weighted by molar-refractivity contribution is 6.11. The Kier molecular flexibility index (Phi) is 5.49. The zero-order chi connectivity index (χ0) is 22.4. The first kappa shape index (κ1) is 21.6. The number of alkyl halides is 3. The highest BCUT2D eigenvalue weighted by Gasteiger charge is 2.42. The minimum Gasteiger partial charge on any atom is -0.465 e. The van der Waals surface area contributed by atoms with Crippen molar-refractivity contribution in [2.45, 2.75) is 39.4 Å². The Hall–Kier alpha value is -3.10. The first-order valence-corrected chi connectivity index (χ1v) is 9.28. The van der Waals surface area contributed by atoms with Crippen LogP contribution in [-0.2, 0) is 6.18 Å². The van der Waals surface area contributed by atoms with E-state index in [0.29, 0.717) is 12.5 Å². The number of carbonyl (C=O) groups excluding carboxylic acids is 1. The fraction of sp³-hybridized carbons (Fsp3) is 0.333. The average molecular weight is 424 g/mol. The lowest BCUT2D eigenvalue weighted by molar-refractivity contribution is -0.138. The van der Waals surface area contributed by atoms with Crippen LogP contribution in [0.2, 0.25) is 0 Å². The molecule has 30 heavy (non-hydrogen) atoms. The molecule has 3 rings (SSSR count). The summed E-state index contributed by atoms with van der Waals surface area (Å²) >= 11 is 0. The molecule has 0 spiro atoms. The van der Waals surface area contributed by atoms with Crippen LogP contribution in [0.15, 0.2) is 30.3 Å². The predicted octanol–water partition coefficient (Wildman–Crippen LogP) is 5.38. The van der Waals surface area contributed by atoms with E-state index in [1.54, 1.807) is 32.9 Å². The van der Waals surface area contributed by atoms with Crippen molar-refractivity contribution in [3.63, 3.8) is 0 Å². The van der Waals surface area contributed by atoms with Crippen molar-refractivity contribution in [2.75, 3.05) is 16.3 Å². The third-order valence-electron chi connectivity index (χ3n) is 5.36. The van der Waals surface area contributed by atoms with Crippen LogP contribution in [0.25, 0.3) is 0 Å². The Morgan fingerprint density at radius 2 is 1.73 bits per heavy atom. The Bertz CT molecular complexity index is 1020. The molecule has 1 heterocycles. The van der Waals surface area contributed by atoms with Crippen molar-refractivity contribution in [2.24, 2.45) is 0 Å². The number of fused-ring (bicyclic) bond motifs is 1. The molecule has 0 saturated heterocycles. The van der Waals surface area contributed by atoms with Gasteiger partial charge in [0.2, 0.25) is 0 Å². The number of amides is 2. The van der Waals surface area contributed by atoms with E-state index >= 15 is 0 Å². The zero-order valence-corrected chi connectivity index (χ0v) is 16.5. The maximum atomic E-state index is 14.4. The second kappa shape index (κ2) is 7.62. The van der Waals surface area contributed by atoms with E-state index < -0.39 is 41.2 Å². The minimum atomic E-state index is -4.92. The topological polar surface area (TPSA) is 60.9 Å². The summed E-state index contributed by atoms with van der Waals surface area (Å²) in [6.07, 6.45) is -5.85. The molecule has 0 bridgehead atoms. The molecule has 2 aromatic carbocycles. The van der Waals surface area contributed by atoms with E-state index in [4.69, 9.17) is 0 Å². The summed E-state index contributed by atoms with van der Waals surface area (Å²) < 4.78 is 54.8. The molecule has 1 unspecified atom stereocenters. The number of aryl methyl sites for hydroxylation is 2. The molecular formula is C21H20F4N2O3. The lowest BCUT2D eigenvalue weighted by atomic mass is 9.98. The van der Waals surface area contributed by atoms with Crippen LogP contribution in [0.4, 0.5) is 33.7 Å². The SMILES string of the molecule is CCC1CN(C(=O)c2c(F)cccc2C(F)(F)F)c2cc(C)c(C)cc2N1C(=O)O. The van der Waals surface area contributed by atoms with Crippen LogP contribution in [0.1, 0.15) is 40.4 Å². The maximum Gasteiger partial charge on any atom is 0.417 e. The zero-order valence-electron chi connectivity index (χ0n) is 16.5. The number of rotatable bonds is 2. The van der Waals surface area contributed by atoms with Crippen LogP contribution < -0.4 is 9.80 Å². The van der Waals surface area contributed by atoms with Gasteiger partial charge in [-0.05, 0) is 55.7 Å². The van der Waals surface area contributed by atoms with Gasteiger partial charge in [-0.3, -0.25) is 9.69 Å². The summed E-state index contributed by atoms with van der Waals surface area (Å²) in [5.41, 5.74) is -0.657. The van der Waals surface area contributed by atoms with Gasteiger partial charge in [0.25, 0.3) is 5.91 Å². The van der Waals surface area contributed by atoms with E-state index in [1.807, 2.05) is 0 Å². The average Bonchev–Trinajstić information content (AvgIpc) is 2.66. The monoisotopic (exact) mass is 424 g/mol. The number of benzene rings is 2. The summed E-state index contributed by atoms with van der Waals surface area (Å²) in [4.78, 5) is 27.2. The van der Waals surface area contributed by atoms with E-state index in [9.17, 15) is 32.3 Å². The first-order valence-electron chi connectivity index (χ1n) is 9.28. The predicted molar refractivity (Wildman–Crippen MR) is 104 cm³/mol. The highest BCUT2D eigenvalue weighted by atomic mass is 19.4. The second-order valence-electron chi connectivity index (χ2n) is 7.22. The normalized spacial score (nSPS) is 16.4. The molecule has 1 atom stereocenters. The van der Waals surface area contributed by atoms with Crippen molar-refractivity contribution in [3.05, 3.63) is 58.4 Å². The van der Waals surface area contributed by atoms with Gasteiger partial charge >= 0.3 is 12.3 Å². The van der Waals surface area contributed by atoms with Crippen molar-refractivity contribution < 1.29 is 32.3 Å². The fourth-order valence-corrected chi connectivity index (χ4v) is 3.66. The summed E-state index contributed by atoms with van der Waals surface area (Å²) in [5.74, 6) is -2.44. The summed E-state index contributed by atoms with van der Waals surface area (Å²) in [7, 11) is 0. The molecule has 2 amide bonds. The number of nitrogens with zero attached hydrogens (tertiary/aromatic N) is 2. The molecule has 5 nitrogen and oxygen atoms in total. The molecular weight excluding hydrogens is 404 g/mol. The van der Waals surface area contributed by atoms with Gasteiger partial charge < -0.3 is 10.0 Å². The van der Waals surface area contributed by atoms with Crippen LogP contribution in [0.5, 0.6) is 0 Å². The minimum absolute atomic E-state index is 0.131. The number of halogens is 4. The quantitative estimate of drug-likeness (QED) is 0.658. The molecule has 9 heteroatoms. The van der Waals surface area contributed by atoms with Gasteiger partial charge in [0.1, 0.15) is 5.82 Å². The van der Waals surface area contributed by atoms with Gasteiger partial charge in [-0.25, -0.2) is 9.18 Å². The Balaban J connectivity index is 2.23. The lowest BCUT2D eigenvalue weighted by Crippen LogP contribution is -2.53. The third-order valence-corrected chi connectivity index (χ3v) is 5.36. The van der Waals surface area contributed by atoms with Crippen molar-refractivity contribution in [1.82, 2.24) is 0 Å². The Labute approximate surface area is 170 Å². The molecule has 0 fully saturated rings. The van der Waals surface area contributed by atoms with E-state index in [-0.39, 0.29) is 17.9 Å². The molecule has 0 saturated carbocycles. The standard InChI is InChI=1S/C21H20F4N2O3/c1-4-13-10-26(16-8-11(2)12(3)9-17(16)27(13)20(29)30)19(28)18-14(21(23,24)25)6-5-7-15(18)22/h5-9,13H,4,10H2,1-3H3,(H,29,30). The highest BCUT2D eigenvalue weighted by Crippen LogP contribution is 2.41. The lowest BCUT2D eigenvalue weighted by Gasteiger charge is -2.41. The van der Waals surface area contributed by atoms with Crippen molar-refractivity contribution in [3.8, 4) is 0 Å². The van der Waals surface area contributed by atoms with Gasteiger partial charge in [0.15, 0.2) is 0 Å². The maximum absolute atomic E-state index is 14.4. The van der Waals surface area contributed by atoms with Crippen LogP contribution in [-0.4, -0.2) is 29.7 Å². The fourth-order valence-electron chi connectivity index (χ4n) is 3.66. The molecule has 1 aliphatic rings. The smallest absolute Gasteiger partial charge is 0.417 e. The largest absolute Gasteiger partial charge is 0.465 e. The number of hydrogen-bond donors (Lipinski definition) is 1. The third kappa shape index (κ3) is 3.59. The van der Waals surface area contributed by atoms with Crippen molar-refractivity contribution >= 4 is 23.4 Å². The molecule has 0 aliphatic carbocycles. The summed E-state index contributed by atoms with van der Waals surface area (Å²) in [6, 6.07) is 4.78. The molecule has 1 aliphatic heterocycles. The van der Waals surface area contributed by atoms with Gasteiger partial charge in [-0.1, -0.05) is 13.0 Å². The molecule has 2 aromatic rings. The van der Waals surface area contributed by atoms with Gasteiger partial charge in [-0.2, -0.15) is 13.2 Å². The second-order valence-corrected chi connectivity index (χ2v) is 7.22. The molecule has 0 aromatic heterocycles. The Morgan fingerprint density at radius 3 is 2.27 bits per heavy atom. The van der Waals surface area contributed by atoms with E-state index in [0.717, 1.165) is 33.1 Å². The molecule has 0 radical (unpaired) electrons. The van der Waals surface area contributed by atoms with Crippen molar-refractivity contribution in [1.29, 1.82) is 0 Å². The number of carboxylic acid groups (broad SMARTS) is 1. The Morgan fingerprint density at radius 1 is 1.13 bits per heavy atom. The summed E-state index contributed by atoms with van der Waals surface area (Å²) in [5, 5.41) is 9.70.